The fourth-order valence-corrected chi connectivity index (χ4v) is 5.65. The summed E-state index contributed by atoms with van der Waals surface area (Å²) >= 11 is 5.33. The molecule has 21 heavy (non-hydrogen) atoms. The molecule has 114 valence electrons. The van der Waals surface area contributed by atoms with E-state index in [2.05, 4.69) is 22.8 Å². The Kier molecular flexibility index (Phi) is 3.69. The molecule has 0 aromatic heterocycles. The fraction of sp³-hybridized carbons (Fsp3) is 0.533. The predicted molar refractivity (Wildman–Crippen MR) is 89.5 cm³/mol. The number of hydrogen-bond donors (Lipinski definition) is 2. The average Bonchev–Trinajstić information content (AvgIpc) is 2.92. The molecular weight excluding hydrogens is 304 g/mol. The van der Waals surface area contributed by atoms with Crippen LogP contribution in [0.4, 0.5) is 5.69 Å². The van der Waals surface area contributed by atoms with E-state index in [-0.39, 0.29) is 11.5 Å². The number of nitrogens with one attached hydrogen (secondary N) is 2. The van der Waals surface area contributed by atoms with Crippen LogP contribution in [0.15, 0.2) is 18.2 Å². The van der Waals surface area contributed by atoms with Crippen LogP contribution in [-0.4, -0.2) is 30.6 Å². The van der Waals surface area contributed by atoms with Crippen LogP contribution < -0.4 is 10.6 Å². The van der Waals surface area contributed by atoms with E-state index in [1.54, 1.807) is 0 Å². The van der Waals surface area contributed by atoms with E-state index < -0.39 is 15.4 Å². The molecule has 0 amide bonds. The summed E-state index contributed by atoms with van der Waals surface area (Å²) in [6.07, 6.45) is 4.11. The minimum absolute atomic E-state index is 0.145. The minimum atomic E-state index is -2.93. The van der Waals surface area contributed by atoms with Crippen molar-refractivity contribution >= 4 is 32.9 Å². The van der Waals surface area contributed by atoms with Crippen LogP contribution in [0.25, 0.3) is 0 Å². The van der Waals surface area contributed by atoms with E-state index in [1.165, 1.54) is 17.5 Å². The molecule has 0 unspecified atom stereocenters. The van der Waals surface area contributed by atoms with Crippen LogP contribution in [0.2, 0.25) is 0 Å². The number of thiocarbonyl (C=S) groups is 1. The van der Waals surface area contributed by atoms with Crippen molar-refractivity contribution in [1.82, 2.24) is 5.32 Å². The highest BCUT2D eigenvalue weighted by Gasteiger charge is 2.38. The van der Waals surface area contributed by atoms with Gasteiger partial charge in [-0.25, -0.2) is 8.42 Å². The fourth-order valence-electron chi connectivity index (χ4n) is 3.20. The van der Waals surface area contributed by atoms with Crippen molar-refractivity contribution in [2.24, 2.45) is 0 Å². The van der Waals surface area contributed by atoms with Crippen LogP contribution in [0.1, 0.15) is 30.9 Å². The van der Waals surface area contributed by atoms with Gasteiger partial charge >= 0.3 is 0 Å². The van der Waals surface area contributed by atoms with Crippen LogP contribution >= 0.6 is 12.2 Å². The minimum Gasteiger partial charge on any atom is -0.356 e. The van der Waals surface area contributed by atoms with E-state index in [0.717, 1.165) is 18.5 Å². The number of rotatable bonds is 2. The van der Waals surface area contributed by atoms with Crippen molar-refractivity contribution in [2.75, 3.05) is 16.8 Å². The third-order valence-corrected chi connectivity index (χ3v) is 6.38. The van der Waals surface area contributed by atoms with Gasteiger partial charge in [-0.2, -0.15) is 0 Å². The first-order chi connectivity index (χ1) is 9.85. The summed E-state index contributed by atoms with van der Waals surface area (Å²) < 4.78 is 23.2. The number of benzene rings is 1. The Labute approximate surface area is 131 Å². The zero-order valence-electron chi connectivity index (χ0n) is 12.1. The third-order valence-electron chi connectivity index (χ3n) is 4.27. The molecule has 3 rings (SSSR count). The molecule has 0 bridgehead atoms. The Balaban J connectivity index is 1.64. The van der Waals surface area contributed by atoms with Gasteiger partial charge in [0.25, 0.3) is 0 Å². The lowest BCUT2D eigenvalue weighted by Gasteiger charge is -2.26. The number of sulfone groups is 1. The highest BCUT2D eigenvalue weighted by atomic mass is 32.2. The van der Waals surface area contributed by atoms with Crippen molar-refractivity contribution in [3.63, 3.8) is 0 Å². The van der Waals surface area contributed by atoms with Gasteiger partial charge in [0.2, 0.25) is 0 Å². The second-order valence-electron chi connectivity index (χ2n) is 6.32. The van der Waals surface area contributed by atoms with Crippen molar-refractivity contribution in [3.05, 3.63) is 29.3 Å². The zero-order chi connectivity index (χ0) is 15.1. The second-order valence-corrected chi connectivity index (χ2v) is 8.91. The molecule has 1 heterocycles. The van der Waals surface area contributed by atoms with Gasteiger partial charge in [-0.15, -0.1) is 0 Å². The molecule has 1 aliphatic carbocycles. The van der Waals surface area contributed by atoms with Gasteiger partial charge in [-0.1, -0.05) is 6.07 Å². The third kappa shape index (κ3) is 3.37. The van der Waals surface area contributed by atoms with E-state index in [4.69, 9.17) is 12.2 Å². The Bertz CT molecular complexity index is 685. The maximum absolute atomic E-state index is 11.6. The maximum atomic E-state index is 11.6. The van der Waals surface area contributed by atoms with Gasteiger partial charge < -0.3 is 10.6 Å². The van der Waals surface area contributed by atoms with E-state index in [0.29, 0.717) is 11.5 Å². The van der Waals surface area contributed by atoms with E-state index >= 15 is 0 Å². The van der Waals surface area contributed by atoms with Crippen molar-refractivity contribution < 1.29 is 8.42 Å². The SMILES string of the molecule is C[C@@]1(NC(=S)Nc2ccc3c(c2)CCC3)CCS(=O)(=O)C1. The molecule has 4 nitrogen and oxygen atoms in total. The molecule has 1 aromatic carbocycles. The van der Waals surface area contributed by atoms with Gasteiger partial charge in [0.1, 0.15) is 0 Å². The van der Waals surface area contributed by atoms with Gasteiger partial charge in [0.15, 0.2) is 14.9 Å². The average molecular weight is 324 g/mol. The van der Waals surface area contributed by atoms with Gasteiger partial charge in [-0.05, 0) is 68.1 Å². The molecule has 6 heteroatoms. The standard InChI is InChI=1S/C15H20N2O2S2/c1-15(7-8-21(18,19)10-15)17-14(20)16-13-6-5-11-3-2-4-12(11)9-13/h5-6,9H,2-4,7-8,10H2,1H3,(H2,16,17,20)/t15-/m1/s1. The first kappa shape index (κ1) is 14.8. The van der Waals surface area contributed by atoms with Gasteiger partial charge in [0.05, 0.1) is 17.0 Å². The summed E-state index contributed by atoms with van der Waals surface area (Å²) in [7, 11) is -2.93. The molecular formula is C15H20N2O2S2. The molecule has 0 radical (unpaired) electrons. The summed E-state index contributed by atoms with van der Waals surface area (Å²) in [5.41, 5.74) is 3.32. The Morgan fingerprint density at radius 1 is 1.29 bits per heavy atom. The highest BCUT2D eigenvalue weighted by Crippen LogP contribution is 2.26. The summed E-state index contributed by atoms with van der Waals surface area (Å²) in [4.78, 5) is 0. The summed E-state index contributed by atoms with van der Waals surface area (Å²) in [6.45, 7) is 1.91. The number of aryl methyl sites for hydroxylation is 2. The smallest absolute Gasteiger partial charge is 0.171 e. The lowest BCUT2D eigenvalue weighted by molar-refractivity contribution is 0.474. The molecule has 1 fully saturated rings. The molecule has 1 aliphatic heterocycles. The zero-order valence-corrected chi connectivity index (χ0v) is 13.7. The summed E-state index contributed by atoms with van der Waals surface area (Å²) in [6, 6.07) is 6.32. The highest BCUT2D eigenvalue weighted by molar-refractivity contribution is 7.91. The number of hydrogen-bond acceptors (Lipinski definition) is 3. The topological polar surface area (TPSA) is 58.2 Å². The normalized spacial score (nSPS) is 26.3. The van der Waals surface area contributed by atoms with Crippen molar-refractivity contribution in [1.29, 1.82) is 0 Å². The molecule has 0 saturated carbocycles. The van der Waals surface area contributed by atoms with E-state index in [1.807, 2.05) is 13.0 Å². The predicted octanol–water partition coefficient (Wildman–Crippen LogP) is 2.04. The Hall–Kier alpha value is -1.14. The molecule has 1 aromatic rings. The first-order valence-electron chi connectivity index (χ1n) is 7.27. The van der Waals surface area contributed by atoms with Crippen LogP contribution in [0, 0.1) is 0 Å². The second kappa shape index (κ2) is 5.25. The van der Waals surface area contributed by atoms with Crippen LogP contribution in [0.5, 0.6) is 0 Å². The Morgan fingerprint density at radius 3 is 2.76 bits per heavy atom. The van der Waals surface area contributed by atoms with Crippen molar-refractivity contribution in [2.45, 2.75) is 38.1 Å². The monoisotopic (exact) mass is 324 g/mol. The first-order valence-corrected chi connectivity index (χ1v) is 9.50. The van der Waals surface area contributed by atoms with Crippen LogP contribution in [0.3, 0.4) is 0 Å². The lowest BCUT2D eigenvalue weighted by atomic mass is 10.0. The number of anilines is 1. The van der Waals surface area contributed by atoms with E-state index in [9.17, 15) is 8.42 Å². The molecule has 2 N–H and O–H groups in total. The molecule has 0 spiro atoms. The maximum Gasteiger partial charge on any atom is 0.171 e. The quantitative estimate of drug-likeness (QED) is 0.815. The summed E-state index contributed by atoms with van der Waals surface area (Å²) in [5, 5.41) is 6.84. The summed E-state index contributed by atoms with van der Waals surface area (Å²) in [5.74, 6) is 0.379. The Morgan fingerprint density at radius 2 is 2.05 bits per heavy atom. The molecule has 1 saturated heterocycles. The molecule has 1 atom stereocenters. The van der Waals surface area contributed by atoms with Crippen LogP contribution in [-0.2, 0) is 22.7 Å². The molecule has 2 aliphatic rings. The van der Waals surface area contributed by atoms with Gasteiger partial charge in [-0.3, -0.25) is 0 Å². The van der Waals surface area contributed by atoms with Crippen molar-refractivity contribution in [3.8, 4) is 0 Å². The largest absolute Gasteiger partial charge is 0.356 e. The van der Waals surface area contributed by atoms with Gasteiger partial charge in [0, 0.05) is 5.69 Å². The lowest BCUT2D eigenvalue weighted by Crippen LogP contribution is -2.48. The number of fused-ring (bicyclic) bond motifs is 1.